The second kappa shape index (κ2) is 6.18. The van der Waals surface area contributed by atoms with Gasteiger partial charge in [0.25, 0.3) is 0 Å². The first kappa shape index (κ1) is 13.3. The molecular weight excluding hydrogens is 265 g/mol. The van der Waals surface area contributed by atoms with E-state index < -0.39 is 0 Å². The third-order valence-electron chi connectivity index (χ3n) is 3.07. The summed E-state index contributed by atoms with van der Waals surface area (Å²) in [5.41, 5.74) is 1.86. The molecule has 0 amide bonds. The average molecular weight is 279 g/mol. The van der Waals surface area contributed by atoms with E-state index in [1.807, 2.05) is 48.5 Å². The van der Waals surface area contributed by atoms with E-state index in [1.165, 1.54) is 12.1 Å². The minimum atomic E-state index is -0.275. The third-order valence-corrected chi connectivity index (χ3v) is 3.07. The van der Waals surface area contributed by atoms with Gasteiger partial charge in [0.05, 0.1) is 12.8 Å². The Kier molecular flexibility index (Phi) is 3.92. The highest BCUT2D eigenvalue weighted by molar-refractivity contribution is 5.77. The second-order valence-corrected chi connectivity index (χ2v) is 4.67. The zero-order valence-electron chi connectivity index (χ0n) is 11.4. The van der Waals surface area contributed by atoms with Gasteiger partial charge in [-0.1, -0.05) is 42.5 Å². The van der Waals surface area contributed by atoms with E-state index in [0.717, 1.165) is 11.1 Å². The zero-order valence-corrected chi connectivity index (χ0v) is 11.4. The van der Waals surface area contributed by atoms with Crippen molar-refractivity contribution in [2.75, 3.05) is 0 Å². The van der Waals surface area contributed by atoms with Crippen molar-refractivity contribution >= 4 is 6.21 Å². The SMILES string of the molecule is Fc1cccc(-c2ccc(C=NCc3ccccc3)o2)c1. The lowest BCUT2D eigenvalue weighted by Gasteiger charge is -1.96. The topological polar surface area (TPSA) is 25.5 Å². The van der Waals surface area contributed by atoms with E-state index >= 15 is 0 Å². The van der Waals surface area contributed by atoms with Gasteiger partial charge in [0.1, 0.15) is 17.3 Å². The van der Waals surface area contributed by atoms with E-state index in [9.17, 15) is 4.39 Å². The summed E-state index contributed by atoms with van der Waals surface area (Å²) in [5, 5.41) is 0. The number of halogens is 1. The summed E-state index contributed by atoms with van der Waals surface area (Å²) in [6.45, 7) is 0.608. The molecule has 0 saturated carbocycles. The van der Waals surface area contributed by atoms with Gasteiger partial charge in [-0.15, -0.1) is 0 Å². The van der Waals surface area contributed by atoms with Crippen LogP contribution in [0.15, 0.2) is 76.1 Å². The Bertz CT molecular complexity index is 747. The standard InChI is InChI=1S/C18H14FNO/c19-16-8-4-7-15(11-16)18-10-9-17(21-18)13-20-12-14-5-2-1-3-6-14/h1-11,13H,12H2. The molecule has 104 valence electrons. The first-order valence-electron chi connectivity index (χ1n) is 6.71. The highest BCUT2D eigenvalue weighted by atomic mass is 19.1. The van der Waals surface area contributed by atoms with Crippen LogP contribution in [0.25, 0.3) is 11.3 Å². The third kappa shape index (κ3) is 3.45. The fourth-order valence-electron chi connectivity index (χ4n) is 2.04. The number of benzene rings is 2. The van der Waals surface area contributed by atoms with Crippen LogP contribution in [-0.2, 0) is 6.54 Å². The highest BCUT2D eigenvalue weighted by Crippen LogP contribution is 2.22. The number of rotatable bonds is 4. The van der Waals surface area contributed by atoms with Crippen LogP contribution in [0.4, 0.5) is 4.39 Å². The maximum atomic E-state index is 13.2. The Labute approximate surface area is 122 Å². The summed E-state index contributed by atoms with van der Waals surface area (Å²) in [5.74, 6) is 1.02. The largest absolute Gasteiger partial charge is 0.455 e. The van der Waals surface area contributed by atoms with E-state index in [0.29, 0.717) is 18.1 Å². The predicted octanol–water partition coefficient (Wildman–Crippen LogP) is 4.70. The molecule has 0 saturated heterocycles. The first-order chi connectivity index (χ1) is 10.3. The number of aliphatic imine (C=N–C) groups is 1. The minimum Gasteiger partial charge on any atom is -0.455 e. The summed E-state index contributed by atoms with van der Waals surface area (Å²) < 4.78 is 18.8. The van der Waals surface area contributed by atoms with Crippen molar-refractivity contribution in [1.82, 2.24) is 0 Å². The van der Waals surface area contributed by atoms with Gasteiger partial charge in [-0.25, -0.2) is 4.39 Å². The molecule has 0 aliphatic carbocycles. The molecule has 0 fully saturated rings. The molecule has 1 aromatic heterocycles. The molecule has 21 heavy (non-hydrogen) atoms. The fraction of sp³-hybridized carbons (Fsp3) is 0.0556. The first-order valence-corrected chi connectivity index (χ1v) is 6.71. The molecule has 3 heteroatoms. The molecule has 0 aliphatic heterocycles. The Morgan fingerprint density at radius 2 is 1.81 bits per heavy atom. The molecule has 3 rings (SSSR count). The van der Waals surface area contributed by atoms with Gasteiger partial charge in [-0.3, -0.25) is 4.99 Å². The molecule has 1 heterocycles. The van der Waals surface area contributed by atoms with Gasteiger partial charge >= 0.3 is 0 Å². The van der Waals surface area contributed by atoms with Crippen molar-refractivity contribution in [3.8, 4) is 11.3 Å². The molecule has 0 N–H and O–H groups in total. The Hall–Kier alpha value is -2.68. The fourth-order valence-corrected chi connectivity index (χ4v) is 2.04. The lowest BCUT2D eigenvalue weighted by atomic mass is 10.2. The number of hydrogen-bond acceptors (Lipinski definition) is 2. The Balaban J connectivity index is 1.71. The van der Waals surface area contributed by atoms with Crippen molar-refractivity contribution in [3.63, 3.8) is 0 Å². The minimum absolute atomic E-state index is 0.275. The molecule has 0 aliphatic rings. The summed E-state index contributed by atoms with van der Waals surface area (Å²) >= 11 is 0. The van der Waals surface area contributed by atoms with Crippen molar-refractivity contribution in [2.45, 2.75) is 6.54 Å². The normalized spacial score (nSPS) is 11.1. The van der Waals surface area contributed by atoms with Gasteiger partial charge in [0.2, 0.25) is 0 Å². The quantitative estimate of drug-likeness (QED) is 0.635. The molecule has 2 nitrogen and oxygen atoms in total. The number of nitrogens with zero attached hydrogens (tertiary/aromatic N) is 1. The van der Waals surface area contributed by atoms with Crippen molar-refractivity contribution < 1.29 is 8.81 Å². The van der Waals surface area contributed by atoms with Crippen molar-refractivity contribution in [1.29, 1.82) is 0 Å². The molecule has 2 aromatic carbocycles. The molecule has 0 atom stereocenters. The van der Waals surface area contributed by atoms with Gasteiger partial charge in [0.15, 0.2) is 0 Å². The summed E-state index contributed by atoms with van der Waals surface area (Å²) in [7, 11) is 0. The maximum Gasteiger partial charge on any atom is 0.145 e. The van der Waals surface area contributed by atoms with Gasteiger partial charge in [-0.2, -0.15) is 0 Å². The summed E-state index contributed by atoms with van der Waals surface area (Å²) in [6.07, 6.45) is 1.69. The lowest BCUT2D eigenvalue weighted by Crippen LogP contribution is -1.82. The molecular formula is C18H14FNO. The van der Waals surface area contributed by atoms with Crippen LogP contribution < -0.4 is 0 Å². The van der Waals surface area contributed by atoms with E-state index in [1.54, 1.807) is 12.3 Å². The Morgan fingerprint density at radius 3 is 2.62 bits per heavy atom. The zero-order chi connectivity index (χ0) is 14.5. The van der Waals surface area contributed by atoms with Crippen LogP contribution in [0.3, 0.4) is 0 Å². The summed E-state index contributed by atoms with van der Waals surface area (Å²) in [6, 6.07) is 20.0. The molecule has 3 aromatic rings. The molecule has 0 bridgehead atoms. The highest BCUT2D eigenvalue weighted by Gasteiger charge is 2.04. The van der Waals surface area contributed by atoms with Gasteiger partial charge in [0, 0.05) is 5.56 Å². The van der Waals surface area contributed by atoms with Crippen LogP contribution in [0, 0.1) is 5.82 Å². The molecule has 0 unspecified atom stereocenters. The van der Waals surface area contributed by atoms with E-state index in [4.69, 9.17) is 4.42 Å². The monoisotopic (exact) mass is 279 g/mol. The summed E-state index contributed by atoms with van der Waals surface area (Å²) in [4.78, 5) is 4.34. The lowest BCUT2D eigenvalue weighted by molar-refractivity contribution is 0.573. The second-order valence-electron chi connectivity index (χ2n) is 4.67. The van der Waals surface area contributed by atoms with Gasteiger partial charge < -0.3 is 4.42 Å². The average Bonchev–Trinajstić information content (AvgIpc) is 2.97. The Morgan fingerprint density at radius 1 is 0.952 bits per heavy atom. The van der Waals surface area contributed by atoms with Crippen molar-refractivity contribution in [2.24, 2.45) is 4.99 Å². The van der Waals surface area contributed by atoms with Crippen LogP contribution in [0.2, 0.25) is 0 Å². The van der Waals surface area contributed by atoms with Crippen LogP contribution >= 0.6 is 0 Å². The number of hydrogen-bond donors (Lipinski definition) is 0. The smallest absolute Gasteiger partial charge is 0.145 e. The van der Waals surface area contributed by atoms with Gasteiger partial charge in [-0.05, 0) is 29.8 Å². The van der Waals surface area contributed by atoms with Crippen LogP contribution in [0.5, 0.6) is 0 Å². The predicted molar refractivity (Wildman–Crippen MR) is 81.8 cm³/mol. The molecule has 0 spiro atoms. The van der Waals surface area contributed by atoms with E-state index in [2.05, 4.69) is 4.99 Å². The maximum absolute atomic E-state index is 13.2. The van der Waals surface area contributed by atoms with E-state index in [-0.39, 0.29) is 5.82 Å². The molecule has 0 radical (unpaired) electrons. The van der Waals surface area contributed by atoms with Crippen molar-refractivity contribution in [3.05, 3.63) is 83.9 Å². The van der Waals surface area contributed by atoms with Crippen LogP contribution in [-0.4, -0.2) is 6.21 Å². The van der Waals surface area contributed by atoms with Crippen LogP contribution in [0.1, 0.15) is 11.3 Å². The number of furan rings is 1.